The highest BCUT2D eigenvalue weighted by molar-refractivity contribution is 4.98. The van der Waals surface area contributed by atoms with Crippen molar-refractivity contribution >= 4 is 0 Å². The van der Waals surface area contributed by atoms with Crippen molar-refractivity contribution in [3.05, 3.63) is 11.6 Å². The van der Waals surface area contributed by atoms with E-state index in [-0.39, 0.29) is 6.10 Å². The molecule has 0 saturated heterocycles. The number of aryl methyl sites for hydroxylation is 1. The number of aromatic nitrogens is 3. The Morgan fingerprint density at radius 3 is 2.75 bits per heavy atom. The molecule has 1 aromatic heterocycles. The van der Waals surface area contributed by atoms with Crippen LogP contribution in [-0.4, -0.2) is 32.0 Å². The minimum absolute atomic E-state index is 0.364. The highest BCUT2D eigenvalue weighted by Gasteiger charge is 2.27. The van der Waals surface area contributed by atoms with Gasteiger partial charge in [-0.2, -0.15) is 0 Å². The molecule has 1 unspecified atom stereocenters. The fraction of sp³-hybridized carbons (Fsp3) is 0.818. The average molecular weight is 224 g/mol. The van der Waals surface area contributed by atoms with Crippen molar-refractivity contribution in [3.8, 4) is 0 Å². The minimum atomic E-state index is -0.364. The lowest BCUT2D eigenvalue weighted by atomic mass is 9.78. The first-order valence-corrected chi connectivity index (χ1v) is 5.88. The smallest absolute Gasteiger partial charge is 0.133 e. The number of nitrogens with two attached hydrogens (primary N) is 1. The zero-order valence-electron chi connectivity index (χ0n) is 9.93. The fourth-order valence-electron chi connectivity index (χ4n) is 2.29. The minimum Gasteiger partial charge on any atom is -0.392 e. The average Bonchev–Trinajstić information content (AvgIpc) is 2.46. The summed E-state index contributed by atoms with van der Waals surface area (Å²) < 4.78 is 2.01. The van der Waals surface area contributed by atoms with Gasteiger partial charge < -0.3 is 15.4 Å². The summed E-state index contributed by atoms with van der Waals surface area (Å²) in [5.74, 6) is 2.50. The van der Waals surface area contributed by atoms with Crippen LogP contribution in [0.1, 0.15) is 31.4 Å². The van der Waals surface area contributed by atoms with E-state index in [1.807, 2.05) is 11.5 Å². The zero-order valence-corrected chi connectivity index (χ0v) is 9.93. The third-order valence-electron chi connectivity index (χ3n) is 3.20. The molecule has 0 aliphatic heterocycles. The molecule has 5 heteroatoms. The third kappa shape index (κ3) is 2.41. The fourth-order valence-corrected chi connectivity index (χ4v) is 2.29. The summed E-state index contributed by atoms with van der Waals surface area (Å²) in [6.07, 6.45) is 2.74. The van der Waals surface area contributed by atoms with Crippen LogP contribution in [0.3, 0.4) is 0 Å². The van der Waals surface area contributed by atoms with Gasteiger partial charge in [-0.25, -0.2) is 0 Å². The van der Waals surface area contributed by atoms with Gasteiger partial charge in [-0.05, 0) is 32.6 Å². The molecule has 1 fully saturated rings. The summed E-state index contributed by atoms with van der Waals surface area (Å²) in [6, 6.07) is 0.374. The van der Waals surface area contributed by atoms with Gasteiger partial charge in [-0.3, -0.25) is 0 Å². The maximum Gasteiger partial charge on any atom is 0.133 e. The van der Waals surface area contributed by atoms with Crippen LogP contribution >= 0.6 is 0 Å². The molecule has 1 saturated carbocycles. The summed E-state index contributed by atoms with van der Waals surface area (Å²) in [7, 11) is 0. The summed E-state index contributed by atoms with van der Waals surface area (Å²) in [4.78, 5) is 0. The van der Waals surface area contributed by atoms with Crippen LogP contribution in [0.25, 0.3) is 0 Å². The second-order valence-corrected chi connectivity index (χ2v) is 4.92. The molecular weight excluding hydrogens is 204 g/mol. The molecule has 5 nitrogen and oxygen atoms in total. The molecule has 16 heavy (non-hydrogen) atoms. The van der Waals surface area contributed by atoms with E-state index in [9.17, 15) is 5.11 Å². The second-order valence-electron chi connectivity index (χ2n) is 4.92. The number of rotatable bonds is 4. The molecule has 1 heterocycles. The maximum absolute atomic E-state index is 9.42. The Kier molecular flexibility index (Phi) is 3.25. The van der Waals surface area contributed by atoms with Gasteiger partial charge in [0.25, 0.3) is 0 Å². The molecule has 0 aromatic carbocycles. The van der Waals surface area contributed by atoms with Gasteiger partial charge in [0.05, 0.1) is 12.6 Å². The van der Waals surface area contributed by atoms with Crippen molar-refractivity contribution < 1.29 is 5.11 Å². The Morgan fingerprint density at radius 2 is 2.19 bits per heavy atom. The van der Waals surface area contributed by atoms with Gasteiger partial charge in [0.1, 0.15) is 11.6 Å². The van der Waals surface area contributed by atoms with Crippen molar-refractivity contribution in [2.75, 3.05) is 0 Å². The van der Waals surface area contributed by atoms with Crippen LogP contribution in [0.2, 0.25) is 0 Å². The lowest BCUT2D eigenvalue weighted by Crippen LogP contribution is -2.37. The first-order valence-electron chi connectivity index (χ1n) is 5.88. The molecular formula is C11H20N4O. The Balaban J connectivity index is 2.02. The van der Waals surface area contributed by atoms with Gasteiger partial charge in [0.2, 0.25) is 0 Å². The van der Waals surface area contributed by atoms with E-state index >= 15 is 0 Å². The van der Waals surface area contributed by atoms with E-state index in [0.717, 1.165) is 30.9 Å². The Hall–Kier alpha value is -0.940. The van der Waals surface area contributed by atoms with E-state index < -0.39 is 0 Å². The van der Waals surface area contributed by atoms with Crippen LogP contribution in [0.4, 0.5) is 0 Å². The summed E-state index contributed by atoms with van der Waals surface area (Å²) in [6.45, 7) is 4.28. The predicted octanol–water partition coefficient (Wildman–Crippen LogP) is 0.247. The number of aliphatic hydroxyl groups excluding tert-OH is 1. The van der Waals surface area contributed by atoms with Gasteiger partial charge in [-0.15, -0.1) is 10.2 Å². The van der Waals surface area contributed by atoms with Crippen LogP contribution in [0, 0.1) is 12.8 Å². The molecule has 90 valence electrons. The highest BCUT2D eigenvalue weighted by atomic mass is 16.3. The molecule has 1 atom stereocenters. The molecule has 1 aliphatic rings. The number of nitrogens with zero attached hydrogens (tertiary/aromatic N) is 3. The number of hydrogen-bond acceptors (Lipinski definition) is 4. The second kappa shape index (κ2) is 4.51. The monoisotopic (exact) mass is 224 g/mol. The summed E-state index contributed by atoms with van der Waals surface area (Å²) in [5, 5.41) is 17.7. The Bertz CT molecular complexity index is 355. The largest absolute Gasteiger partial charge is 0.392 e. The Labute approximate surface area is 95.7 Å². The van der Waals surface area contributed by atoms with Crippen LogP contribution in [0.15, 0.2) is 0 Å². The van der Waals surface area contributed by atoms with Gasteiger partial charge >= 0.3 is 0 Å². The maximum atomic E-state index is 9.42. The number of hydrogen-bond donors (Lipinski definition) is 2. The van der Waals surface area contributed by atoms with Gasteiger partial charge in [0, 0.05) is 12.5 Å². The molecule has 0 spiro atoms. The molecule has 0 radical (unpaired) electrons. The molecule has 2 rings (SSSR count). The zero-order chi connectivity index (χ0) is 11.7. The van der Waals surface area contributed by atoms with Crippen LogP contribution < -0.4 is 5.73 Å². The van der Waals surface area contributed by atoms with E-state index in [0.29, 0.717) is 18.5 Å². The van der Waals surface area contributed by atoms with Crippen molar-refractivity contribution in [2.45, 2.75) is 51.8 Å². The number of aliphatic hydroxyl groups is 1. The lowest BCUT2D eigenvalue weighted by molar-refractivity contribution is 0.169. The predicted molar refractivity (Wildman–Crippen MR) is 60.8 cm³/mol. The van der Waals surface area contributed by atoms with E-state index in [1.54, 1.807) is 6.92 Å². The molecule has 3 N–H and O–H groups in total. The topological polar surface area (TPSA) is 77.0 Å². The van der Waals surface area contributed by atoms with Crippen LogP contribution in [0.5, 0.6) is 0 Å². The normalized spacial score (nSPS) is 26.5. The summed E-state index contributed by atoms with van der Waals surface area (Å²) in [5.41, 5.74) is 5.76. The highest BCUT2D eigenvalue weighted by Crippen LogP contribution is 2.28. The Morgan fingerprint density at radius 1 is 1.50 bits per heavy atom. The quantitative estimate of drug-likeness (QED) is 0.768. The van der Waals surface area contributed by atoms with E-state index in [4.69, 9.17) is 5.73 Å². The van der Waals surface area contributed by atoms with E-state index in [2.05, 4.69) is 10.2 Å². The molecule has 0 amide bonds. The van der Waals surface area contributed by atoms with Crippen LogP contribution in [-0.2, 0) is 13.0 Å². The lowest BCUT2D eigenvalue weighted by Gasteiger charge is -2.32. The van der Waals surface area contributed by atoms with Crippen molar-refractivity contribution in [2.24, 2.45) is 11.7 Å². The van der Waals surface area contributed by atoms with Crippen molar-refractivity contribution in [3.63, 3.8) is 0 Å². The van der Waals surface area contributed by atoms with Gasteiger partial charge in [-0.1, -0.05) is 0 Å². The molecule has 0 bridgehead atoms. The van der Waals surface area contributed by atoms with E-state index in [1.165, 1.54) is 0 Å². The first-order chi connectivity index (χ1) is 7.56. The summed E-state index contributed by atoms with van der Waals surface area (Å²) >= 11 is 0. The van der Waals surface area contributed by atoms with Crippen molar-refractivity contribution in [1.29, 1.82) is 0 Å². The third-order valence-corrected chi connectivity index (χ3v) is 3.20. The van der Waals surface area contributed by atoms with Crippen molar-refractivity contribution in [1.82, 2.24) is 14.8 Å². The molecule has 1 aromatic rings. The van der Waals surface area contributed by atoms with Gasteiger partial charge in [0.15, 0.2) is 0 Å². The SMILES string of the molecule is Cc1nnc(CC2CC(N)C2)n1CC(C)O. The molecule has 1 aliphatic carbocycles. The standard InChI is InChI=1S/C11H20N4O/c1-7(16)6-15-8(2)13-14-11(15)5-9-3-10(12)4-9/h7,9-10,16H,3-6,12H2,1-2H3. The first kappa shape index (κ1) is 11.5.